The molecule has 1 aromatic carbocycles. The lowest BCUT2D eigenvalue weighted by Gasteiger charge is -2.02. The van der Waals surface area contributed by atoms with E-state index in [1.807, 2.05) is 16.7 Å². The topological polar surface area (TPSA) is 54.6 Å². The van der Waals surface area contributed by atoms with Crippen LogP contribution >= 0.6 is 0 Å². The second-order valence-corrected chi connectivity index (χ2v) is 3.97. The molecule has 0 fully saturated rings. The first-order valence-corrected chi connectivity index (χ1v) is 5.50. The number of imidazole rings is 1. The molecular weight excluding hydrogens is 228 g/mol. The summed E-state index contributed by atoms with van der Waals surface area (Å²) in [4.78, 5) is 15.2. The van der Waals surface area contributed by atoms with Gasteiger partial charge in [0.2, 0.25) is 0 Å². The Morgan fingerprint density at radius 1 is 1.22 bits per heavy atom. The van der Waals surface area contributed by atoms with Crippen molar-refractivity contribution >= 4 is 11.8 Å². The number of carbonyl (C=O) groups is 1. The third-order valence-electron chi connectivity index (χ3n) is 2.83. The summed E-state index contributed by atoms with van der Waals surface area (Å²) >= 11 is 0. The van der Waals surface area contributed by atoms with Crippen LogP contribution in [0.15, 0.2) is 48.8 Å². The van der Waals surface area contributed by atoms with E-state index in [1.165, 1.54) is 0 Å². The fourth-order valence-corrected chi connectivity index (χ4v) is 2.00. The number of hydrogen-bond donors (Lipinski definition) is 1. The van der Waals surface area contributed by atoms with Gasteiger partial charge in [-0.3, -0.25) is 9.20 Å². The highest BCUT2D eigenvalue weighted by atomic mass is 16.3. The van der Waals surface area contributed by atoms with E-state index in [4.69, 9.17) is 0 Å². The average molecular weight is 238 g/mol. The molecule has 0 radical (unpaired) electrons. The molecule has 2 aromatic heterocycles. The molecule has 0 bridgehead atoms. The van der Waals surface area contributed by atoms with Crippen molar-refractivity contribution in [3.05, 3.63) is 54.4 Å². The summed E-state index contributed by atoms with van der Waals surface area (Å²) in [5.74, 6) is 0.889. The van der Waals surface area contributed by atoms with Crippen molar-refractivity contribution in [3.8, 4) is 17.1 Å². The molecule has 0 unspecified atom stereocenters. The van der Waals surface area contributed by atoms with Gasteiger partial charge in [0, 0.05) is 17.3 Å². The van der Waals surface area contributed by atoms with E-state index in [1.54, 1.807) is 36.5 Å². The van der Waals surface area contributed by atoms with E-state index in [9.17, 15) is 9.90 Å². The van der Waals surface area contributed by atoms with Gasteiger partial charge in [0.1, 0.15) is 11.6 Å². The SMILES string of the molecule is O=Cc1cccn2c(-c3cccc(O)c3)ncc12. The first-order chi connectivity index (χ1) is 8.79. The minimum Gasteiger partial charge on any atom is -0.508 e. The van der Waals surface area contributed by atoms with Gasteiger partial charge in [-0.25, -0.2) is 4.98 Å². The van der Waals surface area contributed by atoms with E-state index < -0.39 is 0 Å². The normalized spacial score (nSPS) is 10.7. The lowest BCUT2D eigenvalue weighted by atomic mass is 10.2. The summed E-state index contributed by atoms with van der Waals surface area (Å²) in [6.07, 6.45) is 4.31. The molecule has 0 atom stereocenters. The maximum atomic E-state index is 10.9. The molecule has 18 heavy (non-hydrogen) atoms. The maximum Gasteiger partial charge on any atom is 0.152 e. The minimum absolute atomic E-state index is 0.191. The van der Waals surface area contributed by atoms with Crippen molar-refractivity contribution in [1.82, 2.24) is 9.38 Å². The van der Waals surface area contributed by atoms with Crippen LogP contribution in [0.5, 0.6) is 5.75 Å². The predicted molar refractivity (Wildman–Crippen MR) is 67.7 cm³/mol. The molecule has 0 aliphatic carbocycles. The van der Waals surface area contributed by atoms with Crippen molar-refractivity contribution in [2.45, 2.75) is 0 Å². The second kappa shape index (κ2) is 4.00. The zero-order valence-corrected chi connectivity index (χ0v) is 9.45. The molecule has 0 saturated heterocycles. The van der Waals surface area contributed by atoms with E-state index in [-0.39, 0.29) is 5.75 Å². The van der Waals surface area contributed by atoms with Crippen LogP contribution in [0.2, 0.25) is 0 Å². The van der Waals surface area contributed by atoms with Crippen LogP contribution in [-0.4, -0.2) is 20.8 Å². The maximum absolute atomic E-state index is 10.9. The molecular formula is C14H10N2O2. The fraction of sp³-hybridized carbons (Fsp3) is 0. The lowest BCUT2D eigenvalue weighted by Crippen LogP contribution is -1.91. The number of phenols is 1. The van der Waals surface area contributed by atoms with E-state index in [0.717, 1.165) is 17.4 Å². The van der Waals surface area contributed by atoms with E-state index >= 15 is 0 Å². The Kier molecular flexibility index (Phi) is 2.34. The summed E-state index contributed by atoms with van der Waals surface area (Å²) < 4.78 is 1.83. The number of phenolic OH excluding ortho intramolecular Hbond substituents is 1. The van der Waals surface area contributed by atoms with Crippen molar-refractivity contribution in [3.63, 3.8) is 0 Å². The monoisotopic (exact) mass is 238 g/mol. The molecule has 0 amide bonds. The van der Waals surface area contributed by atoms with Crippen LogP contribution in [0.1, 0.15) is 10.4 Å². The van der Waals surface area contributed by atoms with Crippen LogP contribution in [-0.2, 0) is 0 Å². The molecule has 1 N–H and O–H groups in total. The summed E-state index contributed by atoms with van der Waals surface area (Å²) in [7, 11) is 0. The number of aromatic nitrogens is 2. The predicted octanol–water partition coefficient (Wildman–Crippen LogP) is 2.52. The van der Waals surface area contributed by atoms with Crippen LogP contribution in [0.3, 0.4) is 0 Å². The van der Waals surface area contributed by atoms with Gasteiger partial charge in [-0.2, -0.15) is 0 Å². The standard InChI is InChI=1S/C14H10N2O2/c17-9-11-4-2-6-16-13(11)8-15-14(16)10-3-1-5-12(18)7-10/h1-9,18H. The Balaban J connectivity index is 2.28. The van der Waals surface area contributed by atoms with Gasteiger partial charge in [-0.1, -0.05) is 12.1 Å². The number of hydrogen-bond acceptors (Lipinski definition) is 3. The minimum atomic E-state index is 0.191. The quantitative estimate of drug-likeness (QED) is 0.698. The molecule has 4 nitrogen and oxygen atoms in total. The lowest BCUT2D eigenvalue weighted by molar-refractivity contribution is 0.112. The molecule has 0 spiro atoms. The van der Waals surface area contributed by atoms with Crippen molar-refractivity contribution < 1.29 is 9.90 Å². The number of carbonyl (C=O) groups excluding carboxylic acids is 1. The summed E-state index contributed by atoms with van der Waals surface area (Å²) in [6, 6.07) is 10.4. The smallest absolute Gasteiger partial charge is 0.152 e. The first kappa shape index (κ1) is 10.5. The van der Waals surface area contributed by atoms with E-state index in [2.05, 4.69) is 4.98 Å². The zero-order chi connectivity index (χ0) is 12.5. The molecule has 3 aromatic rings. The molecule has 88 valence electrons. The molecule has 0 saturated carbocycles. The number of rotatable bonds is 2. The van der Waals surface area contributed by atoms with Crippen molar-refractivity contribution in [2.75, 3.05) is 0 Å². The number of aromatic hydroxyl groups is 1. The third-order valence-corrected chi connectivity index (χ3v) is 2.83. The highest BCUT2D eigenvalue weighted by Gasteiger charge is 2.08. The number of nitrogens with zero attached hydrogens (tertiary/aromatic N) is 2. The highest BCUT2D eigenvalue weighted by Crippen LogP contribution is 2.23. The Labute approximate surface area is 103 Å². The number of fused-ring (bicyclic) bond motifs is 1. The summed E-state index contributed by atoms with van der Waals surface area (Å²) in [5.41, 5.74) is 2.15. The largest absolute Gasteiger partial charge is 0.508 e. The fourth-order valence-electron chi connectivity index (χ4n) is 2.00. The summed E-state index contributed by atoms with van der Waals surface area (Å²) in [6.45, 7) is 0. The van der Waals surface area contributed by atoms with Gasteiger partial charge in [-0.05, 0) is 24.3 Å². The van der Waals surface area contributed by atoms with Crippen LogP contribution in [0.4, 0.5) is 0 Å². The van der Waals surface area contributed by atoms with Crippen molar-refractivity contribution in [2.24, 2.45) is 0 Å². The number of aldehydes is 1. The Morgan fingerprint density at radius 3 is 2.89 bits per heavy atom. The average Bonchev–Trinajstić information content (AvgIpc) is 2.82. The molecule has 3 rings (SSSR count). The van der Waals surface area contributed by atoms with Crippen molar-refractivity contribution in [1.29, 1.82) is 0 Å². The Morgan fingerprint density at radius 2 is 2.11 bits per heavy atom. The van der Waals surface area contributed by atoms with Crippen LogP contribution < -0.4 is 0 Å². The van der Waals surface area contributed by atoms with Gasteiger partial charge in [-0.15, -0.1) is 0 Å². The third kappa shape index (κ3) is 1.55. The second-order valence-electron chi connectivity index (χ2n) is 3.97. The Hall–Kier alpha value is -2.62. The number of pyridine rings is 1. The summed E-state index contributed by atoms with van der Waals surface area (Å²) in [5, 5.41) is 9.49. The van der Waals surface area contributed by atoms with Gasteiger partial charge in [0.15, 0.2) is 6.29 Å². The van der Waals surface area contributed by atoms with E-state index in [0.29, 0.717) is 11.4 Å². The molecule has 0 aliphatic heterocycles. The molecule has 4 heteroatoms. The Bertz CT molecular complexity index is 731. The number of benzene rings is 1. The van der Waals surface area contributed by atoms with Gasteiger partial charge in [0.05, 0.1) is 11.7 Å². The van der Waals surface area contributed by atoms with Crippen LogP contribution in [0, 0.1) is 0 Å². The van der Waals surface area contributed by atoms with Crippen LogP contribution in [0.25, 0.3) is 16.9 Å². The first-order valence-electron chi connectivity index (χ1n) is 5.50. The van der Waals surface area contributed by atoms with Gasteiger partial charge < -0.3 is 5.11 Å². The van der Waals surface area contributed by atoms with Gasteiger partial charge >= 0.3 is 0 Å². The zero-order valence-electron chi connectivity index (χ0n) is 9.45. The molecule has 2 heterocycles. The molecule has 0 aliphatic rings. The van der Waals surface area contributed by atoms with Gasteiger partial charge in [0.25, 0.3) is 0 Å². The highest BCUT2D eigenvalue weighted by molar-refractivity contribution is 5.86.